The lowest BCUT2D eigenvalue weighted by atomic mass is 10.0. The van der Waals surface area contributed by atoms with Crippen LogP contribution >= 0.6 is 11.3 Å². The highest BCUT2D eigenvalue weighted by Crippen LogP contribution is 2.20. The minimum Gasteiger partial charge on any atom is -0.300 e. The van der Waals surface area contributed by atoms with Crippen molar-refractivity contribution in [3.8, 4) is 0 Å². The van der Waals surface area contributed by atoms with Crippen LogP contribution in [0, 0.1) is 5.92 Å². The van der Waals surface area contributed by atoms with Gasteiger partial charge in [0.1, 0.15) is 5.01 Å². The molecule has 20 heavy (non-hydrogen) atoms. The van der Waals surface area contributed by atoms with Crippen molar-refractivity contribution in [2.24, 2.45) is 5.92 Å². The molecule has 2 heterocycles. The number of carbonyl (C=O) groups excluding carboxylic acids is 1. The van der Waals surface area contributed by atoms with Gasteiger partial charge in [-0.25, -0.2) is 0 Å². The number of hydrogen-bond donors (Lipinski definition) is 1. The zero-order chi connectivity index (χ0) is 14.4. The summed E-state index contributed by atoms with van der Waals surface area (Å²) in [5, 5.41) is 12.8. The van der Waals surface area contributed by atoms with E-state index >= 15 is 0 Å². The Bertz CT molecular complexity index is 425. The molecular formula is C14H24N4OS. The van der Waals surface area contributed by atoms with Crippen LogP contribution in [0.1, 0.15) is 51.0 Å². The first-order valence-corrected chi connectivity index (χ1v) is 8.40. The summed E-state index contributed by atoms with van der Waals surface area (Å²) in [6.07, 6.45) is 5.61. The first-order valence-electron chi connectivity index (χ1n) is 7.58. The predicted molar refractivity (Wildman–Crippen MR) is 81.7 cm³/mol. The molecule has 2 rings (SSSR count). The van der Waals surface area contributed by atoms with Gasteiger partial charge in [0.05, 0.1) is 6.54 Å². The van der Waals surface area contributed by atoms with Gasteiger partial charge >= 0.3 is 0 Å². The number of aromatic nitrogens is 2. The van der Waals surface area contributed by atoms with E-state index in [1.165, 1.54) is 30.6 Å². The Kier molecular flexibility index (Phi) is 5.91. The maximum atomic E-state index is 12.0. The molecule has 0 radical (unpaired) electrons. The fourth-order valence-corrected chi connectivity index (χ4v) is 3.33. The highest BCUT2D eigenvalue weighted by atomic mass is 32.1. The van der Waals surface area contributed by atoms with Crippen LogP contribution in [0.2, 0.25) is 0 Å². The number of nitrogens with zero attached hydrogens (tertiary/aromatic N) is 3. The Morgan fingerprint density at radius 1 is 1.25 bits per heavy atom. The molecule has 1 aromatic rings. The summed E-state index contributed by atoms with van der Waals surface area (Å²) in [6.45, 7) is 7.23. The average Bonchev–Trinajstić information content (AvgIpc) is 2.88. The normalized spacial score (nSPS) is 16.6. The Morgan fingerprint density at radius 3 is 2.60 bits per heavy atom. The molecule has 1 aromatic heterocycles. The third-order valence-electron chi connectivity index (χ3n) is 3.86. The number of piperidine rings is 1. The number of carbonyl (C=O) groups is 1. The summed E-state index contributed by atoms with van der Waals surface area (Å²) >= 11 is 1.50. The summed E-state index contributed by atoms with van der Waals surface area (Å²) in [7, 11) is 0. The van der Waals surface area contributed by atoms with E-state index in [9.17, 15) is 4.79 Å². The van der Waals surface area contributed by atoms with Crippen molar-refractivity contribution in [1.29, 1.82) is 0 Å². The van der Waals surface area contributed by atoms with Crippen molar-refractivity contribution in [3.63, 3.8) is 0 Å². The van der Waals surface area contributed by atoms with E-state index in [-0.39, 0.29) is 11.8 Å². The quantitative estimate of drug-likeness (QED) is 0.877. The lowest BCUT2D eigenvalue weighted by Gasteiger charge is -2.24. The monoisotopic (exact) mass is 296 g/mol. The number of nitrogens with one attached hydrogen (secondary N) is 1. The highest BCUT2D eigenvalue weighted by molar-refractivity contribution is 7.15. The average molecular weight is 296 g/mol. The van der Waals surface area contributed by atoms with Gasteiger partial charge in [-0.3, -0.25) is 9.69 Å². The molecule has 1 fully saturated rings. The zero-order valence-electron chi connectivity index (χ0n) is 12.4. The van der Waals surface area contributed by atoms with Crippen molar-refractivity contribution in [1.82, 2.24) is 15.1 Å². The van der Waals surface area contributed by atoms with Gasteiger partial charge in [-0.05, 0) is 38.8 Å². The fraction of sp³-hybridized carbons (Fsp3) is 0.786. The third-order valence-corrected chi connectivity index (χ3v) is 4.68. The minimum atomic E-state index is 0.0654. The van der Waals surface area contributed by atoms with E-state index < -0.39 is 0 Å². The van der Waals surface area contributed by atoms with Crippen LogP contribution in [0.4, 0.5) is 5.13 Å². The maximum absolute atomic E-state index is 12.0. The lowest BCUT2D eigenvalue weighted by Crippen LogP contribution is -2.28. The van der Waals surface area contributed by atoms with Gasteiger partial charge in [0.25, 0.3) is 0 Å². The highest BCUT2D eigenvalue weighted by Gasteiger charge is 2.17. The molecule has 0 unspecified atom stereocenters. The molecule has 0 spiro atoms. The molecule has 5 nitrogen and oxygen atoms in total. The Labute approximate surface area is 124 Å². The molecule has 0 atom stereocenters. The summed E-state index contributed by atoms with van der Waals surface area (Å²) in [6, 6.07) is 0. The molecule has 0 saturated carbocycles. The summed E-state index contributed by atoms with van der Waals surface area (Å²) < 4.78 is 0. The van der Waals surface area contributed by atoms with Gasteiger partial charge in [-0.15, -0.1) is 10.2 Å². The Morgan fingerprint density at radius 2 is 1.95 bits per heavy atom. The van der Waals surface area contributed by atoms with Crippen molar-refractivity contribution in [2.45, 2.75) is 52.5 Å². The molecule has 1 saturated heterocycles. The van der Waals surface area contributed by atoms with Crippen molar-refractivity contribution in [2.75, 3.05) is 18.4 Å². The number of likely N-dealkylation sites (tertiary alicyclic amines) is 1. The summed E-state index contributed by atoms with van der Waals surface area (Å²) in [5.41, 5.74) is 0. The molecule has 1 N–H and O–H groups in total. The van der Waals surface area contributed by atoms with E-state index in [4.69, 9.17) is 0 Å². The van der Waals surface area contributed by atoms with Gasteiger partial charge in [0.2, 0.25) is 11.0 Å². The van der Waals surface area contributed by atoms with E-state index in [1.54, 1.807) is 0 Å². The topological polar surface area (TPSA) is 58.1 Å². The van der Waals surface area contributed by atoms with Crippen LogP contribution in [0.15, 0.2) is 0 Å². The van der Waals surface area contributed by atoms with Crippen molar-refractivity contribution >= 4 is 22.4 Å². The second kappa shape index (κ2) is 7.69. The lowest BCUT2D eigenvalue weighted by molar-refractivity contribution is -0.120. The van der Waals surface area contributed by atoms with Gasteiger partial charge in [-0.1, -0.05) is 31.6 Å². The van der Waals surface area contributed by atoms with Crippen LogP contribution in [-0.2, 0) is 11.3 Å². The fourth-order valence-electron chi connectivity index (χ4n) is 2.54. The largest absolute Gasteiger partial charge is 0.300 e. The predicted octanol–water partition coefficient (Wildman–Crippen LogP) is 2.90. The smallest absolute Gasteiger partial charge is 0.229 e. The molecule has 1 aliphatic rings. The molecule has 0 aliphatic carbocycles. The van der Waals surface area contributed by atoms with Crippen LogP contribution in [0.5, 0.6) is 0 Å². The van der Waals surface area contributed by atoms with Gasteiger partial charge in [-0.2, -0.15) is 0 Å². The van der Waals surface area contributed by atoms with Crippen molar-refractivity contribution < 1.29 is 4.79 Å². The molecule has 112 valence electrons. The summed E-state index contributed by atoms with van der Waals surface area (Å²) in [4.78, 5) is 14.4. The van der Waals surface area contributed by atoms with E-state index in [0.29, 0.717) is 5.13 Å². The molecule has 1 amide bonds. The number of amides is 1. The maximum Gasteiger partial charge on any atom is 0.229 e. The van der Waals surface area contributed by atoms with Gasteiger partial charge in [0.15, 0.2) is 0 Å². The third kappa shape index (κ3) is 4.24. The molecule has 0 bridgehead atoms. The standard InChI is InChI=1S/C14H24N4OS/c1-3-11(4-2)13(19)15-14-17-16-12(20-14)10-18-8-6-5-7-9-18/h11H,3-10H2,1-2H3,(H,15,17,19). The van der Waals surface area contributed by atoms with E-state index in [0.717, 1.165) is 37.5 Å². The van der Waals surface area contributed by atoms with Gasteiger partial charge in [0, 0.05) is 5.92 Å². The second-order valence-electron chi connectivity index (χ2n) is 5.34. The zero-order valence-corrected chi connectivity index (χ0v) is 13.2. The van der Waals surface area contributed by atoms with Crippen LogP contribution in [0.25, 0.3) is 0 Å². The molecule has 1 aliphatic heterocycles. The van der Waals surface area contributed by atoms with Crippen LogP contribution in [0.3, 0.4) is 0 Å². The second-order valence-corrected chi connectivity index (χ2v) is 6.40. The first kappa shape index (κ1) is 15.4. The van der Waals surface area contributed by atoms with E-state index in [1.807, 2.05) is 13.8 Å². The number of rotatable bonds is 6. The first-order chi connectivity index (χ1) is 9.72. The van der Waals surface area contributed by atoms with Crippen LogP contribution < -0.4 is 5.32 Å². The number of hydrogen-bond acceptors (Lipinski definition) is 5. The molecule has 6 heteroatoms. The number of anilines is 1. The molecular weight excluding hydrogens is 272 g/mol. The summed E-state index contributed by atoms with van der Waals surface area (Å²) in [5.74, 6) is 0.139. The minimum absolute atomic E-state index is 0.0654. The van der Waals surface area contributed by atoms with E-state index in [2.05, 4.69) is 20.4 Å². The van der Waals surface area contributed by atoms with Crippen LogP contribution in [-0.4, -0.2) is 34.1 Å². The van der Waals surface area contributed by atoms with Crippen molar-refractivity contribution in [3.05, 3.63) is 5.01 Å². The SMILES string of the molecule is CCC(CC)C(=O)Nc1nnc(CN2CCCCC2)s1. The van der Waals surface area contributed by atoms with Gasteiger partial charge < -0.3 is 5.32 Å². The Hall–Kier alpha value is -1.01. The molecule has 0 aromatic carbocycles. The Balaban J connectivity index is 1.86.